The van der Waals surface area contributed by atoms with Gasteiger partial charge in [-0.1, -0.05) is 12.1 Å². The molecule has 0 aliphatic carbocycles. The molecule has 10 nitrogen and oxygen atoms in total. The topological polar surface area (TPSA) is 106 Å². The third-order valence-electron chi connectivity index (χ3n) is 6.94. The minimum atomic E-state index is -0.825. The van der Waals surface area contributed by atoms with Crippen molar-refractivity contribution in [2.24, 2.45) is 12.8 Å². The van der Waals surface area contributed by atoms with Crippen LogP contribution in [0, 0.1) is 5.82 Å². The van der Waals surface area contributed by atoms with Crippen LogP contribution in [0.3, 0.4) is 0 Å². The first-order valence-corrected chi connectivity index (χ1v) is 12.1. The van der Waals surface area contributed by atoms with E-state index in [0.717, 1.165) is 59.9 Å². The Hall–Kier alpha value is -4.38. The summed E-state index contributed by atoms with van der Waals surface area (Å²) >= 11 is 0. The summed E-state index contributed by atoms with van der Waals surface area (Å²) in [5.41, 5.74) is 10.1. The molecule has 1 saturated heterocycles. The lowest BCUT2D eigenvalue weighted by Crippen LogP contribution is -2.47. The van der Waals surface area contributed by atoms with Gasteiger partial charge >= 0.3 is 0 Å². The highest BCUT2D eigenvalue weighted by Crippen LogP contribution is 2.28. The van der Waals surface area contributed by atoms with Crippen molar-refractivity contribution in [3.63, 3.8) is 0 Å². The SMILES string of the molecule is Cn1ccc(-c2cc3c(N4CCN(c5ncc([C@@](C)(N)c6ccc(F)cc6)cn5)CC4)ncnn3c2)n1. The van der Waals surface area contributed by atoms with Gasteiger partial charge in [0.1, 0.15) is 17.7 Å². The van der Waals surface area contributed by atoms with Gasteiger partial charge in [-0.3, -0.25) is 4.68 Å². The van der Waals surface area contributed by atoms with Crippen molar-refractivity contribution < 1.29 is 4.39 Å². The summed E-state index contributed by atoms with van der Waals surface area (Å²) < 4.78 is 17.0. The van der Waals surface area contributed by atoms with Crippen LogP contribution in [-0.2, 0) is 12.6 Å². The van der Waals surface area contributed by atoms with E-state index in [1.165, 1.54) is 12.1 Å². The molecule has 1 fully saturated rings. The van der Waals surface area contributed by atoms with Gasteiger partial charge in [-0.2, -0.15) is 10.2 Å². The number of aryl methyl sites for hydroxylation is 1. The highest BCUT2D eigenvalue weighted by atomic mass is 19.1. The summed E-state index contributed by atoms with van der Waals surface area (Å²) in [5, 5.41) is 8.89. The van der Waals surface area contributed by atoms with E-state index in [4.69, 9.17) is 5.73 Å². The Balaban J connectivity index is 1.17. The molecular weight excluding hydrogens is 471 g/mol. The van der Waals surface area contributed by atoms with Crippen LogP contribution in [-0.4, -0.2) is 60.5 Å². The fraction of sp³-hybridized carbons (Fsp3) is 0.269. The number of rotatable bonds is 5. The molecule has 1 aliphatic rings. The number of benzene rings is 1. The fourth-order valence-electron chi connectivity index (χ4n) is 4.70. The fourth-order valence-corrected chi connectivity index (χ4v) is 4.70. The Morgan fingerprint density at radius 3 is 2.30 bits per heavy atom. The molecule has 2 N–H and O–H groups in total. The molecule has 4 aromatic heterocycles. The number of halogens is 1. The zero-order chi connectivity index (χ0) is 25.6. The molecule has 5 aromatic rings. The van der Waals surface area contributed by atoms with E-state index in [1.54, 1.807) is 35.5 Å². The second-order valence-electron chi connectivity index (χ2n) is 9.47. The third kappa shape index (κ3) is 4.27. The second kappa shape index (κ2) is 8.93. The third-order valence-corrected chi connectivity index (χ3v) is 6.94. The van der Waals surface area contributed by atoms with Crippen molar-refractivity contribution in [2.75, 3.05) is 36.0 Å². The van der Waals surface area contributed by atoms with Crippen LogP contribution in [0.25, 0.3) is 16.8 Å². The normalized spacial score (nSPS) is 15.8. The molecule has 0 spiro atoms. The molecule has 37 heavy (non-hydrogen) atoms. The molecule has 11 heteroatoms. The van der Waals surface area contributed by atoms with Gasteiger partial charge in [0.15, 0.2) is 5.82 Å². The van der Waals surface area contributed by atoms with E-state index in [2.05, 4.69) is 41.0 Å². The largest absolute Gasteiger partial charge is 0.351 e. The summed E-state index contributed by atoms with van der Waals surface area (Å²) in [7, 11) is 1.90. The molecule has 0 radical (unpaired) electrons. The van der Waals surface area contributed by atoms with Crippen molar-refractivity contribution in [2.45, 2.75) is 12.5 Å². The van der Waals surface area contributed by atoms with Crippen LogP contribution < -0.4 is 15.5 Å². The van der Waals surface area contributed by atoms with Gasteiger partial charge < -0.3 is 15.5 Å². The number of hydrogen-bond donors (Lipinski definition) is 1. The lowest BCUT2D eigenvalue weighted by Gasteiger charge is -2.35. The molecule has 0 unspecified atom stereocenters. The molecule has 6 rings (SSSR count). The molecule has 5 heterocycles. The van der Waals surface area contributed by atoms with Gasteiger partial charge in [-0.05, 0) is 36.8 Å². The summed E-state index contributed by atoms with van der Waals surface area (Å²) in [5.74, 6) is 1.26. The van der Waals surface area contributed by atoms with Gasteiger partial charge in [0.05, 0.1) is 11.2 Å². The van der Waals surface area contributed by atoms with E-state index < -0.39 is 5.54 Å². The van der Waals surface area contributed by atoms with Crippen LogP contribution >= 0.6 is 0 Å². The maximum atomic E-state index is 13.3. The molecule has 188 valence electrons. The summed E-state index contributed by atoms with van der Waals surface area (Å²) in [6, 6.07) is 10.3. The molecule has 1 atom stereocenters. The van der Waals surface area contributed by atoms with Gasteiger partial charge in [0.25, 0.3) is 0 Å². The standard InChI is InChI=1S/C26H27FN10/c1-26(28,19-3-5-21(27)6-4-19)20-14-29-25(30-15-20)36-11-9-35(10-12-36)24-23-13-18(16-37(23)32-17-31-24)22-7-8-34(2)33-22/h3-8,13-17H,9-12,28H2,1-2H3/t26-/m0/s1. The Morgan fingerprint density at radius 2 is 1.62 bits per heavy atom. The first-order valence-electron chi connectivity index (χ1n) is 12.1. The summed E-state index contributed by atoms with van der Waals surface area (Å²) in [6.07, 6.45) is 9.00. The van der Waals surface area contributed by atoms with E-state index in [1.807, 2.05) is 36.9 Å². The Bertz CT molecular complexity index is 1530. The zero-order valence-corrected chi connectivity index (χ0v) is 20.7. The highest BCUT2D eigenvalue weighted by molar-refractivity contribution is 5.76. The predicted octanol–water partition coefficient (Wildman–Crippen LogP) is 2.61. The Kier molecular flexibility index (Phi) is 5.56. The summed E-state index contributed by atoms with van der Waals surface area (Å²) in [4.78, 5) is 18.2. The number of fused-ring (bicyclic) bond motifs is 1. The number of anilines is 2. The van der Waals surface area contributed by atoms with Crippen molar-refractivity contribution in [3.8, 4) is 11.3 Å². The maximum Gasteiger partial charge on any atom is 0.225 e. The van der Waals surface area contributed by atoms with E-state index >= 15 is 0 Å². The number of nitrogens with zero attached hydrogens (tertiary/aromatic N) is 9. The van der Waals surface area contributed by atoms with Gasteiger partial charge in [0, 0.05) is 69.1 Å². The molecular formula is C26H27FN10. The molecule has 1 aromatic carbocycles. The Morgan fingerprint density at radius 1 is 0.919 bits per heavy atom. The minimum Gasteiger partial charge on any atom is -0.351 e. The zero-order valence-electron chi connectivity index (χ0n) is 20.7. The number of piperazine rings is 1. The molecule has 0 amide bonds. The smallest absolute Gasteiger partial charge is 0.225 e. The average molecular weight is 499 g/mol. The monoisotopic (exact) mass is 498 g/mol. The van der Waals surface area contributed by atoms with E-state index in [0.29, 0.717) is 5.95 Å². The van der Waals surface area contributed by atoms with E-state index in [9.17, 15) is 4.39 Å². The van der Waals surface area contributed by atoms with Crippen molar-refractivity contribution >= 4 is 17.3 Å². The maximum absolute atomic E-state index is 13.3. The second-order valence-corrected chi connectivity index (χ2v) is 9.47. The van der Waals surface area contributed by atoms with Crippen molar-refractivity contribution in [3.05, 3.63) is 84.5 Å². The average Bonchev–Trinajstić information content (AvgIpc) is 3.55. The number of hydrogen-bond acceptors (Lipinski definition) is 8. The van der Waals surface area contributed by atoms with E-state index in [-0.39, 0.29) is 5.82 Å². The lowest BCUT2D eigenvalue weighted by atomic mass is 9.87. The summed E-state index contributed by atoms with van der Waals surface area (Å²) in [6.45, 7) is 4.92. The first kappa shape index (κ1) is 23.0. The first-order chi connectivity index (χ1) is 17.9. The van der Waals surface area contributed by atoms with Gasteiger partial charge in [-0.25, -0.2) is 23.9 Å². The Labute approximate surface area is 213 Å². The highest BCUT2D eigenvalue weighted by Gasteiger charge is 2.26. The predicted molar refractivity (Wildman–Crippen MR) is 139 cm³/mol. The van der Waals surface area contributed by atoms with Crippen molar-refractivity contribution in [1.82, 2.24) is 34.3 Å². The molecule has 0 saturated carbocycles. The minimum absolute atomic E-state index is 0.293. The van der Waals surface area contributed by atoms with Crippen LogP contribution in [0.15, 0.2) is 67.5 Å². The quantitative estimate of drug-likeness (QED) is 0.394. The van der Waals surface area contributed by atoms with Gasteiger partial charge in [-0.15, -0.1) is 0 Å². The van der Waals surface area contributed by atoms with Crippen LogP contribution in [0.2, 0.25) is 0 Å². The molecule has 1 aliphatic heterocycles. The number of nitrogens with two attached hydrogens (primary N) is 1. The van der Waals surface area contributed by atoms with Crippen LogP contribution in [0.1, 0.15) is 18.1 Å². The van der Waals surface area contributed by atoms with Crippen LogP contribution in [0.4, 0.5) is 16.2 Å². The van der Waals surface area contributed by atoms with Gasteiger partial charge in [0.2, 0.25) is 5.95 Å². The number of aromatic nitrogens is 7. The van der Waals surface area contributed by atoms with Crippen LogP contribution in [0.5, 0.6) is 0 Å². The molecule has 0 bridgehead atoms. The van der Waals surface area contributed by atoms with Crippen molar-refractivity contribution in [1.29, 1.82) is 0 Å². The lowest BCUT2D eigenvalue weighted by molar-refractivity contribution is 0.585.